The fourth-order valence-electron chi connectivity index (χ4n) is 3.35. The summed E-state index contributed by atoms with van der Waals surface area (Å²) in [5.74, 6) is -0.552. The van der Waals surface area contributed by atoms with Gasteiger partial charge in [-0.1, -0.05) is 0 Å². The molecule has 0 bridgehead atoms. The molecule has 0 spiro atoms. The van der Waals surface area contributed by atoms with Crippen molar-refractivity contribution in [1.82, 2.24) is 20.1 Å². The topological polar surface area (TPSA) is 80.0 Å². The van der Waals surface area contributed by atoms with Crippen LogP contribution in [0.4, 0.5) is 0 Å². The maximum atomic E-state index is 11.3. The number of aromatic carboxylic acids is 1. The summed E-state index contributed by atoms with van der Waals surface area (Å²) in [6.07, 6.45) is 5.68. The molecule has 4 rings (SSSR count). The molecule has 126 valence electrons. The highest BCUT2D eigenvalue weighted by atomic mass is 16.4. The molecule has 6 heteroatoms. The van der Waals surface area contributed by atoms with Crippen molar-refractivity contribution in [2.24, 2.45) is 0 Å². The van der Waals surface area contributed by atoms with Crippen LogP contribution in [0.5, 0.6) is 0 Å². The average molecular weight is 326 g/mol. The number of fused-ring (bicyclic) bond motifs is 1. The normalized spacial score (nSPS) is 16.8. The largest absolute Gasteiger partial charge is 0.478 e. The smallest absolute Gasteiger partial charge is 0.337 e. The molecule has 1 saturated carbocycles. The molecule has 0 aromatic carbocycles. The standard InChI is InChI=1S/C18H22N4O2/c23-18(24)16-7-6-13(20-17(16)12-4-5-12)10-19-11-14-9-15-3-1-2-8-22(15)21-14/h6-7,9,12,19H,1-5,8,10-11H2,(H,23,24). The third kappa shape index (κ3) is 3.19. The van der Waals surface area contributed by atoms with E-state index in [2.05, 4.69) is 26.1 Å². The van der Waals surface area contributed by atoms with E-state index in [1.807, 2.05) is 0 Å². The number of hydrogen-bond donors (Lipinski definition) is 2. The lowest BCUT2D eigenvalue weighted by molar-refractivity contribution is 0.0695. The summed E-state index contributed by atoms with van der Waals surface area (Å²) in [6.45, 7) is 2.36. The SMILES string of the molecule is O=C(O)c1ccc(CNCc2cc3n(n2)CCCC3)nc1C1CC1. The van der Waals surface area contributed by atoms with Crippen molar-refractivity contribution in [1.29, 1.82) is 0 Å². The second kappa shape index (κ2) is 6.36. The van der Waals surface area contributed by atoms with E-state index in [0.717, 1.165) is 42.9 Å². The molecule has 2 N–H and O–H groups in total. The van der Waals surface area contributed by atoms with E-state index in [1.165, 1.54) is 18.5 Å². The molecule has 0 atom stereocenters. The first-order valence-electron chi connectivity index (χ1n) is 8.70. The van der Waals surface area contributed by atoms with Crippen molar-refractivity contribution < 1.29 is 9.90 Å². The second-order valence-corrected chi connectivity index (χ2v) is 6.73. The molecule has 6 nitrogen and oxygen atoms in total. The van der Waals surface area contributed by atoms with E-state index in [4.69, 9.17) is 0 Å². The summed E-state index contributed by atoms with van der Waals surface area (Å²) in [5.41, 5.74) is 4.39. The lowest BCUT2D eigenvalue weighted by Crippen LogP contribution is -2.16. The number of hydrogen-bond acceptors (Lipinski definition) is 4. The molecule has 0 saturated heterocycles. The van der Waals surface area contributed by atoms with Crippen molar-refractivity contribution in [3.05, 3.63) is 46.5 Å². The van der Waals surface area contributed by atoms with Crippen molar-refractivity contribution in [3.63, 3.8) is 0 Å². The highest BCUT2D eigenvalue weighted by Crippen LogP contribution is 2.40. The Morgan fingerprint density at radius 2 is 2.08 bits per heavy atom. The summed E-state index contributed by atoms with van der Waals surface area (Å²) >= 11 is 0. The number of carboxylic acid groups (broad SMARTS) is 1. The fourth-order valence-corrected chi connectivity index (χ4v) is 3.35. The van der Waals surface area contributed by atoms with Crippen LogP contribution in [0.25, 0.3) is 0 Å². The van der Waals surface area contributed by atoms with E-state index >= 15 is 0 Å². The molecule has 0 radical (unpaired) electrons. The van der Waals surface area contributed by atoms with Gasteiger partial charge in [-0.25, -0.2) is 4.79 Å². The van der Waals surface area contributed by atoms with Gasteiger partial charge in [-0.2, -0.15) is 5.10 Å². The molecule has 2 aliphatic rings. The molecule has 1 aliphatic carbocycles. The fraction of sp³-hybridized carbons (Fsp3) is 0.500. The Labute approximate surface area is 140 Å². The summed E-state index contributed by atoms with van der Waals surface area (Å²) in [7, 11) is 0. The number of nitrogens with zero attached hydrogens (tertiary/aromatic N) is 3. The van der Waals surface area contributed by atoms with E-state index in [1.54, 1.807) is 12.1 Å². The summed E-state index contributed by atoms with van der Waals surface area (Å²) < 4.78 is 2.12. The summed E-state index contributed by atoms with van der Waals surface area (Å²) in [6, 6.07) is 5.68. The Morgan fingerprint density at radius 3 is 2.83 bits per heavy atom. The molecule has 1 fully saturated rings. The van der Waals surface area contributed by atoms with Crippen LogP contribution in [0, 0.1) is 0 Å². The zero-order valence-corrected chi connectivity index (χ0v) is 13.7. The van der Waals surface area contributed by atoms with Gasteiger partial charge in [-0.15, -0.1) is 0 Å². The van der Waals surface area contributed by atoms with Crippen LogP contribution in [0.1, 0.15) is 64.7 Å². The van der Waals surface area contributed by atoms with Gasteiger partial charge in [0.2, 0.25) is 0 Å². The van der Waals surface area contributed by atoms with Gasteiger partial charge in [0.15, 0.2) is 0 Å². The first-order chi connectivity index (χ1) is 11.7. The lowest BCUT2D eigenvalue weighted by Gasteiger charge is -2.11. The monoisotopic (exact) mass is 326 g/mol. The number of rotatable bonds is 6. The summed E-state index contributed by atoms with van der Waals surface area (Å²) in [5, 5.41) is 17.3. The minimum absolute atomic E-state index is 0.330. The Kier molecular flexibility index (Phi) is 4.06. The zero-order valence-electron chi connectivity index (χ0n) is 13.7. The molecule has 24 heavy (non-hydrogen) atoms. The van der Waals surface area contributed by atoms with Crippen molar-refractivity contribution in [3.8, 4) is 0 Å². The van der Waals surface area contributed by atoms with Crippen LogP contribution >= 0.6 is 0 Å². The Bertz CT molecular complexity index is 741. The maximum Gasteiger partial charge on any atom is 0.337 e. The molecule has 1 aliphatic heterocycles. The first kappa shape index (κ1) is 15.3. The Balaban J connectivity index is 1.40. The molecular weight excluding hydrogens is 304 g/mol. The van der Waals surface area contributed by atoms with Crippen LogP contribution in [0.15, 0.2) is 18.2 Å². The van der Waals surface area contributed by atoms with Gasteiger partial charge in [0.05, 0.1) is 22.6 Å². The predicted molar refractivity (Wildman–Crippen MR) is 88.9 cm³/mol. The Hall–Kier alpha value is -2.21. The van der Waals surface area contributed by atoms with Crippen LogP contribution in [0.2, 0.25) is 0 Å². The lowest BCUT2D eigenvalue weighted by atomic mass is 10.1. The van der Waals surface area contributed by atoms with Crippen LogP contribution in [-0.2, 0) is 26.1 Å². The number of pyridine rings is 1. The third-order valence-corrected chi connectivity index (χ3v) is 4.76. The molecule has 0 amide bonds. The van der Waals surface area contributed by atoms with E-state index < -0.39 is 5.97 Å². The zero-order chi connectivity index (χ0) is 16.5. The molecular formula is C18H22N4O2. The highest BCUT2D eigenvalue weighted by Gasteiger charge is 2.29. The van der Waals surface area contributed by atoms with Gasteiger partial charge in [0.1, 0.15) is 0 Å². The number of carboxylic acids is 1. The number of carbonyl (C=O) groups is 1. The van der Waals surface area contributed by atoms with Crippen LogP contribution < -0.4 is 5.32 Å². The quantitative estimate of drug-likeness (QED) is 0.852. The van der Waals surface area contributed by atoms with Gasteiger partial charge in [-0.05, 0) is 50.3 Å². The Morgan fingerprint density at radius 1 is 1.25 bits per heavy atom. The number of nitrogens with one attached hydrogen (secondary N) is 1. The number of aromatic nitrogens is 3. The predicted octanol–water partition coefficient (Wildman–Crippen LogP) is 2.48. The van der Waals surface area contributed by atoms with Gasteiger partial charge < -0.3 is 10.4 Å². The molecule has 2 aromatic heterocycles. The van der Waals surface area contributed by atoms with Crippen molar-refractivity contribution in [2.45, 2.75) is 57.7 Å². The molecule has 2 aromatic rings. The average Bonchev–Trinajstić information content (AvgIpc) is 3.34. The van der Waals surface area contributed by atoms with Gasteiger partial charge in [0.25, 0.3) is 0 Å². The third-order valence-electron chi connectivity index (χ3n) is 4.76. The molecule has 3 heterocycles. The van der Waals surface area contributed by atoms with Crippen molar-refractivity contribution >= 4 is 5.97 Å². The number of aryl methyl sites for hydroxylation is 2. The second-order valence-electron chi connectivity index (χ2n) is 6.73. The molecule has 0 unspecified atom stereocenters. The highest BCUT2D eigenvalue weighted by molar-refractivity contribution is 5.89. The van der Waals surface area contributed by atoms with Gasteiger partial charge in [-0.3, -0.25) is 9.67 Å². The van der Waals surface area contributed by atoms with E-state index in [-0.39, 0.29) is 0 Å². The van der Waals surface area contributed by atoms with E-state index in [9.17, 15) is 9.90 Å². The van der Waals surface area contributed by atoms with E-state index in [0.29, 0.717) is 24.6 Å². The minimum Gasteiger partial charge on any atom is -0.478 e. The maximum absolute atomic E-state index is 11.3. The van der Waals surface area contributed by atoms with Gasteiger partial charge >= 0.3 is 5.97 Å². The first-order valence-corrected chi connectivity index (χ1v) is 8.70. The van der Waals surface area contributed by atoms with Crippen LogP contribution in [0.3, 0.4) is 0 Å². The van der Waals surface area contributed by atoms with Crippen LogP contribution in [-0.4, -0.2) is 25.8 Å². The van der Waals surface area contributed by atoms with Crippen molar-refractivity contribution in [2.75, 3.05) is 0 Å². The van der Waals surface area contributed by atoms with Gasteiger partial charge in [0, 0.05) is 31.2 Å². The summed E-state index contributed by atoms with van der Waals surface area (Å²) in [4.78, 5) is 15.9. The minimum atomic E-state index is -0.882.